The fourth-order valence-electron chi connectivity index (χ4n) is 1.43. The zero-order valence-corrected chi connectivity index (χ0v) is 8.93. The predicted molar refractivity (Wildman–Crippen MR) is 57.8 cm³/mol. The maximum Gasteiger partial charge on any atom is 0.0778 e. The molecule has 15 heavy (non-hydrogen) atoms. The van der Waals surface area contributed by atoms with Gasteiger partial charge in [0.2, 0.25) is 0 Å². The molecule has 0 aromatic heterocycles. The van der Waals surface area contributed by atoms with E-state index in [9.17, 15) is 0 Å². The lowest BCUT2D eigenvalue weighted by Crippen LogP contribution is -2.24. The van der Waals surface area contributed by atoms with Crippen LogP contribution in [0.2, 0.25) is 0 Å². The van der Waals surface area contributed by atoms with Crippen LogP contribution in [-0.4, -0.2) is 38.6 Å². The van der Waals surface area contributed by atoms with Gasteiger partial charge in [-0.2, -0.15) is 0 Å². The average molecular weight is 210 g/mol. The Balaban J connectivity index is 1.43. The first-order valence-electron chi connectivity index (χ1n) is 5.59. The van der Waals surface area contributed by atoms with Gasteiger partial charge in [0.05, 0.1) is 38.6 Å². The van der Waals surface area contributed by atoms with Crippen LogP contribution in [0.15, 0.2) is 24.3 Å². The van der Waals surface area contributed by atoms with Crippen LogP contribution >= 0.6 is 0 Å². The van der Waals surface area contributed by atoms with Crippen molar-refractivity contribution < 1.29 is 14.2 Å². The standard InChI is InChI=1S/C12H18O3/c1(3-11-5-9-14-11)7-13-8-2-4-12-6-10-15-12/h1-4,11-12H,5-10H2. The van der Waals surface area contributed by atoms with Crippen molar-refractivity contribution in [3.8, 4) is 0 Å². The number of hydrogen-bond donors (Lipinski definition) is 0. The van der Waals surface area contributed by atoms with Gasteiger partial charge in [-0.15, -0.1) is 0 Å². The Kier molecular flexibility index (Phi) is 4.39. The number of rotatable bonds is 6. The molecule has 0 N–H and O–H groups in total. The van der Waals surface area contributed by atoms with Gasteiger partial charge < -0.3 is 14.2 Å². The van der Waals surface area contributed by atoms with Crippen LogP contribution in [-0.2, 0) is 14.2 Å². The highest BCUT2D eigenvalue weighted by Crippen LogP contribution is 2.12. The Hall–Kier alpha value is -0.640. The molecule has 2 aliphatic heterocycles. The van der Waals surface area contributed by atoms with Crippen molar-refractivity contribution in [2.75, 3.05) is 26.4 Å². The second kappa shape index (κ2) is 6.05. The zero-order valence-electron chi connectivity index (χ0n) is 8.93. The molecule has 2 aliphatic rings. The van der Waals surface area contributed by atoms with Gasteiger partial charge in [0.15, 0.2) is 0 Å². The van der Waals surface area contributed by atoms with Crippen LogP contribution in [0.1, 0.15) is 12.8 Å². The minimum atomic E-state index is 0.340. The molecule has 0 aliphatic carbocycles. The first-order chi connectivity index (χ1) is 7.45. The molecule has 84 valence electrons. The molecule has 3 heteroatoms. The highest BCUT2D eigenvalue weighted by atomic mass is 16.5. The Morgan fingerprint density at radius 1 is 0.933 bits per heavy atom. The Morgan fingerprint density at radius 2 is 1.40 bits per heavy atom. The summed E-state index contributed by atoms with van der Waals surface area (Å²) in [5.74, 6) is 0. The monoisotopic (exact) mass is 210 g/mol. The Labute approximate surface area is 90.7 Å². The Morgan fingerprint density at radius 3 is 1.73 bits per heavy atom. The molecule has 2 heterocycles. The van der Waals surface area contributed by atoms with E-state index in [0.717, 1.165) is 26.1 Å². The lowest BCUT2D eigenvalue weighted by atomic mass is 10.2. The van der Waals surface area contributed by atoms with E-state index in [-0.39, 0.29) is 0 Å². The molecule has 0 aromatic carbocycles. The quantitative estimate of drug-likeness (QED) is 0.493. The zero-order chi connectivity index (χ0) is 10.3. The lowest BCUT2D eigenvalue weighted by molar-refractivity contribution is -0.0191. The first kappa shape index (κ1) is 10.9. The summed E-state index contributed by atoms with van der Waals surface area (Å²) < 4.78 is 15.9. The molecule has 0 aromatic rings. The van der Waals surface area contributed by atoms with Gasteiger partial charge >= 0.3 is 0 Å². The van der Waals surface area contributed by atoms with Crippen molar-refractivity contribution in [3.05, 3.63) is 24.3 Å². The van der Waals surface area contributed by atoms with Crippen LogP contribution in [0.3, 0.4) is 0 Å². The summed E-state index contributed by atoms with van der Waals surface area (Å²) in [7, 11) is 0. The summed E-state index contributed by atoms with van der Waals surface area (Å²) >= 11 is 0. The minimum absolute atomic E-state index is 0.340. The van der Waals surface area contributed by atoms with Crippen LogP contribution < -0.4 is 0 Å². The van der Waals surface area contributed by atoms with Gasteiger partial charge in [-0.25, -0.2) is 0 Å². The van der Waals surface area contributed by atoms with Gasteiger partial charge in [-0.3, -0.25) is 0 Å². The van der Waals surface area contributed by atoms with E-state index in [1.54, 1.807) is 0 Å². The molecule has 2 fully saturated rings. The third kappa shape index (κ3) is 3.78. The summed E-state index contributed by atoms with van der Waals surface area (Å²) in [6, 6.07) is 0. The number of ether oxygens (including phenoxy) is 3. The largest absolute Gasteiger partial charge is 0.374 e. The molecule has 2 saturated heterocycles. The van der Waals surface area contributed by atoms with Gasteiger partial charge in [-0.1, -0.05) is 24.3 Å². The van der Waals surface area contributed by atoms with Crippen molar-refractivity contribution in [1.82, 2.24) is 0 Å². The third-order valence-electron chi connectivity index (χ3n) is 2.60. The van der Waals surface area contributed by atoms with Crippen molar-refractivity contribution in [1.29, 1.82) is 0 Å². The van der Waals surface area contributed by atoms with Crippen molar-refractivity contribution in [3.63, 3.8) is 0 Å². The van der Waals surface area contributed by atoms with E-state index in [1.807, 2.05) is 12.2 Å². The molecule has 2 unspecified atom stereocenters. The SMILES string of the molecule is C(=CC1CCO1)COCC=CC1CCO1. The van der Waals surface area contributed by atoms with Crippen molar-refractivity contribution in [2.24, 2.45) is 0 Å². The van der Waals surface area contributed by atoms with Crippen molar-refractivity contribution >= 4 is 0 Å². The summed E-state index contributed by atoms with van der Waals surface area (Å²) in [5, 5.41) is 0. The molecule has 3 nitrogen and oxygen atoms in total. The van der Waals surface area contributed by atoms with E-state index >= 15 is 0 Å². The summed E-state index contributed by atoms with van der Waals surface area (Å²) in [4.78, 5) is 0. The van der Waals surface area contributed by atoms with E-state index in [1.165, 1.54) is 0 Å². The van der Waals surface area contributed by atoms with Gasteiger partial charge in [0, 0.05) is 12.8 Å². The molecule has 0 saturated carbocycles. The normalized spacial score (nSPS) is 30.7. The summed E-state index contributed by atoms with van der Waals surface area (Å²) in [6.45, 7) is 3.13. The second-order valence-electron chi connectivity index (χ2n) is 3.79. The van der Waals surface area contributed by atoms with E-state index in [2.05, 4.69) is 12.2 Å². The highest BCUT2D eigenvalue weighted by Gasteiger charge is 2.13. The minimum Gasteiger partial charge on any atom is -0.374 e. The summed E-state index contributed by atoms with van der Waals surface area (Å²) in [6.07, 6.45) is 11.2. The highest BCUT2D eigenvalue weighted by molar-refractivity contribution is 4.94. The fraction of sp³-hybridized carbons (Fsp3) is 0.667. The van der Waals surface area contributed by atoms with Gasteiger partial charge in [0.25, 0.3) is 0 Å². The van der Waals surface area contributed by atoms with Crippen LogP contribution in [0.4, 0.5) is 0 Å². The predicted octanol–water partition coefficient (Wildman–Crippen LogP) is 1.69. The molecule has 2 rings (SSSR count). The molecule has 0 spiro atoms. The molecule has 2 atom stereocenters. The molecular weight excluding hydrogens is 192 g/mol. The van der Waals surface area contributed by atoms with Crippen LogP contribution in [0, 0.1) is 0 Å². The van der Waals surface area contributed by atoms with Gasteiger partial charge in [0.1, 0.15) is 0 Å². The molecule has 0 bridgehead atoms. The average Bonchev–Trinajstić information content (AvgIpc) is 2.09. The van der Waals surface area contributed by atoms with E-state index in [0.29, 0.717) is 25.4 Å². The maximum absolute atomic E-state index is 5.39. The van der Waals surface area contributed by atoms with Gasteiger partial charge in [-0.05, 0) is 0 Å². The van der Waals surface area contributed by atoms with Crippen LogP contribution in [0.25, 0.3) is 0 Å². The summed E-state index contributed by atoms with van der Waals surface area (Å²) in [5.41, 5.74) is 0. The topological polar surface area (TPSA) is 27.7 Å². The fourth-order valence-corrected chi connectivity index (χ4v) is 1.43. The number of hydrogen-bond acceptors (Lipinski definition) is 3. The van der Waals surface area contributed by atoms with E-state index < -0.39 is 0 Å². The lowest BCUT2D eigenvalue weighted by Gasteiger charge is -2.23. The molecule has 0 radical (unpaired) electrons. The molecule has 0 amide bonds. The van der Waals surface area contributed by atoms with E-state index in [4.69, 9.17) is 14.2 Å². The molecular formula is C12H18O3. The third-order valence-corrected chi connectivity index (χ3v) is 2.60. The smallest absolute Gasteiger partial charge is 0.0778 e. The Bertz CT molecular complexity index is 203. The second-order valence-corrected chi connectivity index (χ2v) is 3.79. The van der Waals surface area contributed by atoms with Crippen molar-refractivity contribution in [2.45, 2.75) is 25.0 Å². The van der Waals surface area contributed by atoms with Crippen LogP contribution in [0.5, 0.6) is 0 Å². The maximum atomic E-state index is 5.39. The first-order valence-corrected chi connectivity index (χ1v) is 5.59.